The highest BCUT2D eigenvalue weighted by molar-refractivity contribution is 5.17. The molecule has 24 heavy (non-hydrogen) atoms. The third kappa shape index (κ3) is 6.08. The van der Waals surface area contributed by atoms with Gasteiger partial charge in [-0.1, -0.05) is 60.7 Å². The number of benzene rings is 2. The molecule has 0 saturated heterocycles. The van der Waals surface area contributed by atoms with Gasteiger partial charge in [0.25, 0.3) is 0 Å². The Morgan fingerprint density at radius 1 is 0.917 bits per heavy atom. The number of aliphatic hydroxyl groups excluding tert-OH is 1. The summed E-state index contributed by atoms with van der Waals surface area (Å²) in [5, 5.41) is 13.6. The SMILES string of the molecule is OC(CCN(Cc1ccccc1)Cc1ccccc1)CNC1CC1. The third-order valence-electron chi connectivity index (χ3n) is 4.50. The van der Waals surface area contributed by atoms with Crippen molar-refractivity contribution >= 4 is 0 Å². The summed E-state index contributed by atoms with van der Waals surface area (Å²) in [5.41, 5.74) is 2.64. The first-order valence-corrected chi connectivity index (χ1v) is 9.01. The average Bonchev–Trinajstić information content (AvgIpc) is 3.44. The van der Waals surface area contributed by atoms with Gasteiger partial charge in [0.1, 0.15) is 0 Å². The van der Waals surface area contributed by atoms with Gasteiger partial charge in [-0.2, -0.15) is 0 Å². The third-order valence-corrected chi connectivity index (χ3v) is 4.50. The summed E-state index contributed by atoms with van der Waals surface area (Å²) >= 11 is 0. The van der Waals surface area contributed by atoms with Gasteiger partial charge in [0, 0.05) is 32.2 Å². The molecule has 2 N–H and O–H groups in total. The first-order chi connectivity index (χ1) is 11.8. The molecular formula is C21H28N2O. The van der Waals surface area contributed by atoms with E-state index in [0.29, 0.717) is 6.04 Å². The summed E-state index contributed by atoms with van der Waals surface area (Å²) in [6, 6.07) is 21.8. The van der Waals surface area contributed by atoms with Gasteiger partial charge < -0.3 is 10.4 Å². The lowest BCUT2D eigenvalue weighted by Crippen LogP contribution is -2.32. The summed E-state index contributed by atoms with van der Waals surface area (Å²) in [7, 11) is 0. The molecule has 1 atom stereocenters. The standard InChI is InChI=1S/C21H28N2O/c24-21(15-22-20-11-12-20)13-14-23(16-18-7-3-1-4-8-18)17-19-9-5-2-6-10-19/h1-10,20-22,24H,11-17H2. The molecular weight excluding hydrogens is 296 g/mol. The van der Waals surface area contributed by atoms with Crippen molar-refractivity contribution in [1.82, 2.24) is 10.2 Å². The summed E-state index contributed by atoms with van der Waals surface area (Å²) in [6.07, 6.45) is 3.07. The number of nitrogens with one attached hydrogen (secondary N) is 1. The van der Waals surface area contributed by atoms with Crippen LogP contribution in [0.4, 0.5) is 0 Å². The Morgan fingerprint density at radius 3 is 1.96 bits per heavy atom. The zero-order valence-corrected chi connectivity index (χ0v) is 14.3. The van der Waals surface area contributed by atoms with E-state index in [0.717, 1.165) is 32.6 Å². The van der Waals surface area contributed by atoms with Crippen molar-refractivity contribution < 1.29 is 5.11 Å². The van der Waals surface area contributed by atoms with Crippen molar-refractivity contribution in [1.29, 1.82) is 0 Å². The molecule has 1 aliphatic rings. The Bertz CT molecular complexity index is 542. The molecule has 2 aromatic carbocycles. The number of aliphatic hydroxyl groups is 1. The predicted octanol–water partition coefficient (Wildman–Crippen LogP) is 3.19. The van der Waals surface area contributed by atoms with Crippen LogP contribution in [0.5, 0.6) is 0 Å². The van der Waals surface area contributed by atoms with E-state index in [4.69, 9.17) is 0 Å². The summed E-state index contributed by atoms with van der Waals surface area (Å²) in [5.74, 6) is 0. The van der Waals surface area contributed by atoms with E-state index in [2.05, 4.69) is 70.9 Å². The van der Waals surface area contributed by atoms with Crippen LogP contribution in [0, 0.1) is 0 Å². The Balaban J connectivity index is 1.53. The summed E-state index contributed by atoms with van der Waals surface area (Å²) in [6.45, 7) is 3.45. The molecule has 3 heteroatoms. The minimum Gasteiger partial charge on any atom is -0.392 e. The lowest BCUT2D eigenvalue weighted by atomic mass is 10.1. The molecule has 1 saturated carbocycles. The number of rotatable bonds is 10. The molecule has 0 spiro atoms. The van der Waals surface area contributed by atoms with Gasteiger partial charge in [-0.3, -0.25) is 4.90 Å². The van der Waals surface area contributed by atoms with Crippen LogP contribution in [0.15, 0.2) is 60.7 Å². The van der Waals surface area contributed by atoms with E-state index >= 15 is 0 Å². The van der Waals surface area contributed by atoms with Gasteiger partial charge in [0.05, 0.1) is 6.10 Å². The van der Waals surface area contributed by atoms with Crippen molar-refractivity contribution in [3.63, 3.8) is 0 Å². The van der Waals surface area contributed by atoms with Gasteiger partial charge in [0.15, 0.2) is 0 Å². The summed E-state index contributed by atoms with van der Waals surface area (Å²) in [4.78, 5) is 2.42. The first kappa shape index (κ1) is 17.2. The fraction of sp³-hybridized carbons (Fsp3) is 0.429. The second-order valence-corrected chi connectivity index (χ2v) is 6.81. The van der Waals surface area contributed by atoms with Crippen LogP contribution < -0.4 is 5.32 Å². The first-order valence-electron chi connectivity index (χ1n) is 9.01. The van der Waals surface area contributed by atoms with Gasteiger partial charge in [-0.05, 0) is 30.4 Å². The van der Waals surface area contributed by atoms with Crippen molar-refractivity contribution in [2.45, 2.75) is 44.5 Å². The maximum atomic E-state index is 10.2. The Morgan fingerprint density at radius 2 is 1.46 bits per heavy atom. The van der Waals surface area contributed by atoms with E-state index in [1.165, 1.54) is 24.0 Å². The van der Waals surface area contributed by atoms with Crippen LogP contribution in [0.2, 0.25) is 0 Å². The highest BCUT2D eigenvalue weighted by Crippen LogP contribution is 2.18. The Hall–Kier alpha value is -1.68. The van der Waals surface area contributed by atoms with Crippen molar-refractivity contribution in [3.05, 3.63) is 71.8 Å². The fourth-order valence-electron chi connectivity index (χ4n) is 2.92. The lowest BCUT2D eigenvalue weighted by Gasteiger charge is -2.24. The lowest BCUT2D eigenvalue weighted by molar-refractivity contribution is 0.133. The number of nitrogens with zero attached hydrogens (tertiary/aromatic N) is 1. The van der Waals surface area contributed by atoms with Gasteiger partial charge in [0.2, 0.25) is 0 Å². The largest absolute Gasteiger partial charge is 0.392 e. The smallest absolute Gasteiger partial charge is 0.0676 e. The van der Waals surface area contributed by atoms with Crippen LogP contribution in [0.3, 0.4) is 0 Å². The second-order valence-electron chi connectivity index (χ2n) is 6.81. The molecule has 3 nitrogen and oxygen atoms in total. The van der Waals surface area contributed by atoms with Crippen LogP contribution >= 0.6 is 0 Å². The molecule has 2 aromatic rings. The zero-order chi connectivity index (χ0) is 16.6. The van der Waals surface area contributed by atoms with Crippen LogP contribution in [0.1, 0.15) is 30.4 Å². The summed E-state index contributed by atoms with van der Waals surface area (Å²) < 4.78 is 0. The molecule has 0 aliphatic heterocycles. The Kier molecular flexibility index (Phi) is 6.41. The number of hydrogen-bond donors (Lipinski definition) is 2. The minimum absolute atomic E-state index is 0.264. The van der Waals surface area contributed by atoms with E-state index in [1.807, 2.05) is 0 Å². The molecule has 0 aromatic heterocycles. The molecule has 0 bridgehead atoms. The molecule has 0 radical (unpaired) electrons. The van der Waals surface area contributed by atoms with Crippen molar-refractivity contribution in [2.24, 2.45) is 0 Å². The molecule has 0 heterocycles. The average molecular weight is 324 g/mol. The molecule has 1 unspecified atom stereocenters. The number of hydrogen-bond acceptors (Lipinski definition) is 3. The normalized spacial score (nSPS) is 15.6. The van der Waals surface area contributed by atoms with Gasteiger partial charge in [-0.25, -0.2) is 0 Å². The van der Waals surface area contributed by atoms with E-state index in [1.54, 1.807) is 0 Å². The van der Waals surface area contributed by atoms with Gasteiger partial charge in [-0.15, -0.1) is 0 Å². The maximum absolute atomic E-state index is 10.2. The van der Waals surface area contributed by atoms with E-state index in [9.17, 15) is 5.11 Å². The van der Waals surface area contributed by atoms with E-state index < -0.39 is 0 Å². The topological polar surface area (TPSA) is 35.5 Å². The molecule has 1 fully saturated rings. The van der Waals surface area contributed by atoms with Crippen LogP contribution in [0.25, 0.3) is 0 Å². The van der Waals surface area contributed by atoms with Crippen LogP contribution in [-0.4, -0.2) is 35.2 Å². The minimum atomic E-state index is -0.264. The quantitative estimate of drug-likeness (QED) is 0.704. The highest BCUT2D eigenvalue weighted by atomic mass is 16.3. The highest BCUT2D eigenvalue weighted by Gasteiger charge is 2.21. The molecule has 3 rings (SSSR count). The molecule has 0 amide bonds. The van der Waals surface area contributed by atoms with Crippen molar-refractivity contribution in [3.8, 4) is 0 Å². The van der Waals surface area contributed by atoms with Gasteiger partial charge >= 0.3 is 0 Å². The zero-order valence-electron chi connectivity index (χ0n) is 14.3. The van der Waals surface area contributed by atoms with Crippen molar-refractivity contribution in [2.75, 3.05) is 13.1 Å². The second kappa shape index (κ2) is 8.97. The van der Waals surface area contributed by atoms with E-state index in [-0.39, 0.29) is 6.10 Å². The molecule has 128 valence electrons. The maximum Gasteiger partial charge on any atom is 0.0676 e. The molecule has 1 aliphatic carbocycles. The Labute approximate surface area is 145 Å². The monoisotopic (exact) mass is 324 g/mol. The fourth-order valence-corrected chi connectivity index (χ4v) is 2.92. The van der Waals surface area contributed by atoms with Crippen LogP contribution in [-0.2, 0) is 13.1 Å². The predicted molar refractivity (Wildman–Crippen MR) is 98.6 cm³/mol.